The molecule has 3 aromatic rings. The number of hydrogen-bond acceptors (Lipinski definition) is 6. The Bertz CT molecular complexity index is 1380. The minimum absolute atomic E-state index is 0.102. The molecule has 2 aromatic carbocycles. The molecular weight excluding hydrogens is 501 g/mol. The van der Waals surface area contributed by atoms with E-state index in [-0.39, 0.29) is 18.7 Å². The summed E-state index contributed by atoms with van der Waals surface area (Å²) < 4.78 is 58.6. The predicted octanol–water partition coefficient (Wildman–Crippen LogP) is 5.44. The van der Waals surface area contributed by atoms with Gasteiger partial charge in [0, 0.05) is 64.2 Å². The molecule has 0 unspecified atom stereocenters. The zero-order chi connectivity index (χ0) is 25.9. The Hall–Kier alpha value is -3.66. The minimum atomic E-state index is -2.69. The smallest absolute Gasteiger partial charge is 0.278 e. The van der Waals surface area contributed by atoms with Crippen LogP contribution in [0.5, 0.6) is 0 Å². The molecule has 0 amide bonds. The number of alkyl halides is 2. The molecule has 10 heteroatoms. The Balaban J connectivity index is 1.43. The molecule has 0 spiro atoms. The van der Waals surface area contributed by atoms with E-state index < -0.39 is 23.0 Å². The molecule has 1 aromatic heterocycles. The number of nitrogens with zero attached hydrogens (tertiary/aromatic N) is 4. The maximum absolute atomic E-state index is 15.3. The van der Waals surface area contributed by atoms with Crippen molar-refractivity contribution in [3.63, 3.8) is 0 Å². The summed E-state index contributed by atoms with van der Waals surface area (Å²) in [5, 5.41) is 7.33. The van der Waals surface area contributed by atoms with Crippen LogP contribution < -0.4 is 4.90 Å². The summed E-state index contributed by atoms with van der Waals surface area (Å²) in [5.74, 6) is 2.00. The lowest BCUT2D eigenvalue weighted by Gasteiger charge is -2.37. The Morgan fingerprint density at radius 3 is 2.57 bits per heavy atom. The van der Waals surface area contributed by atoms with Crippen molar-refractivity contribution in [2.45, 2.75) is 19.4 Å². The van der Waals surface area contributed by atoms with Crippen molar-refractivity contribution in [2.24, 2.45) is 10.2 Å². The van der Waals surface area contributed by atoms with Gasteiger partial charge in [-0.25, -0.2) is 13.2 Å². The van der Waals surface area contributed by atoms with Crippen molar-refractivity contribution in [1.29, 1.82) is 0 Å². The molecule has 0 radical (unpaired) electrons. The first-order chi connectivity index (χ1) is 17.9. The lowest BCUT2D eigenvalue weighted by Crippen LogP contribution is -2.42. The molecule has 2 aliphatic rings. The van der Waals surface area contributed by atoms with Gasteiger partial charge < -0.3 is 14.2 Å². The largest absolute Gasteiger partial charge is 0.464 e. The van der Waals surface area contributed by atoms with E-state index in [1.807, 2.05) is 41.3 Å². The fourth-order valence-electron chi connectivity index (χ4n) is 4.34. The average molecular weight is 527 g/mol. The first-order valence-electron chi connectivity index (χ1n) is 11.8. The van der Waals surface area contributed by atoms with Gasteiger partial charge in [-0.15, -0.1) is 0 Å². The fourth-order valence-corrected chi connectivity index (χ4v) is 5.39. The van der Waals surface area contributed by atoms with Gasteiger partial charge in [0.05, 0.1) is 18.5 Å². The van der Waals surface area contributed by atoms with Gasteiger partial charge in [-0.2, -0.15) is 10.2 Å². The van der Waals surface area contributed by atoms with Crippen molar-refractivity contribution >= 4 is 27.9 Å². The maximum Gasteiger partial charge on any atom is 0.278 e. The summed E-state index contributed by atoms with van der Waals surface area (Å²) >= 11 is 0. The van der Waals surface area contributed by atoms with Crippen LogP contribution >= 0.6 is 0 Å². The van der Waals surface area contributed by atoms with E-state index in [0.29, 0.717) is 53.0 Å². The van der Waals surface area contributed by atoms with E-state index in [4.69, 9.17) is 4.42 Å². The SMILES string of the molecule is C=C(N1CCS(=O)CC1)N(Cc1ccc(C2=NN=C(C(F)F)C2)cc1F)c1cccc(-c2ccco2)c1. The molecule has 0 bridgehead atoms. The van der Waals surface area contributed by atoms with Crippen molar-refractivity contribution in [3.8, 4) is 11.3 Å². The number of benzene rings is 2. The van der Waals surface area contributed by atoms with Crippen LogP contribution in [-0.4, -0.2) is 51.6 Å². The quantitative estimate of drug-likeness (QED) is 0.392. The zero-order valence-electron chi connectivity index (χ0n) is 19.9. The Labute approximate surface area is 215 Å². The van der Waals surface area contributed by atoms with Gasteiger partial charge in [0.1, 0.15) is 23.1 Å². The fraction of sp³-hybridized carbons (Fsp3) is 0.259. The van der Waals surface area contributed by atoms with Crippen LogP contribution in [0.1, 0.15) is 17.5 Å². The van der Waals surface area contributed by atoms with Gasteiger partial charge in [-0.05, 0) is 30.3 Å². The summed E-state index contributed by atoms with van der Waals surface area (Å²) in [6.07, 6.45) is -1.18. The second-order valence-electron chi connectivity index (χ2n) is 8.79. The Kier molecular flexibility index (Phi) is 7.27. The van der Waals surface area contributed by atoms with E-state index >= 15 is 4.39 Å². The molecule has 0 atom stereocenters. The molecule has 2 aliphatic heterocycles. The van der Waals surface area contributed by atoms with E-state index in [1.54, 1.807) is 18.4 Å². The first-order valence-corrected chi connectivity index (χ1v) is 13.3. The highest BCUT2D eigenvalue weighted by Gasteiger charge is 2.25. The van der Waals surface area contributed by atoms with Gasteiger partial charge in [-0.3, -0.25) is 4.21 Å². The van der Waals surface area contributed by atoms with Gasteiger partial charge in [0.2, 0.25) is 0 Å². The molecule has 0 aliphatic carbocycles. The molecule has 6 nitrogen and oxygen atoms in total. The first kappa shape index (κ1) is 25.0. The molecule has 0 saturated carbocycles. The highest BCUT2D eigenvalue weighted by Crippen LogP contribution is 2.30. The minimum Gasteiger partial charge on any atom is -0.464 e. The van der Waals surface area contributed by atoms with Crippen LogP contribution in [-0.2, 0) is 17.3 Å². The second kappa shape index (κ2) is 10.8. The van der Waals surface area contributed by atoms with Crippen LogP contribution in [0.3, 0.4) is 0 Å². The van der Waals surface area contributed by atoms with Crippen molar-refractivity contribution in [2.75, 3.05) is 29.5 Å². The second-order valence-corrected chi connectivity index (χ2v) is 10.5. The summed E-state index contributed by atoms with van der Waals surface area (Å²) in [6, 6.07) is 16.0. The van der Waals surface area contributed by atoms with Crippen molar-refractivity contribution < 1.29 is 21.8 Å². The predicted molar refractivity (Wildman–Crippen MR) is 140 cm³/mol. The van der Waals surface area contributed by atoms with Crippen LogP contribution in [0.4, 0.5) is 18.9 Å². The third kappa shape index (κ3) is 5.53. The van der Waals surface area contributed by atoms with Crippen LogP contribution in [0.15, 0.2) is 87.9 Å². The standard InChI is InChI=1S/C27H25F3N4O2S/c1-18(33-9-12-37(35)13-10-33)34(22-5-2-4-20(14-22)26-6-3-11-36-26)17-21-8-7-19(15-23(21)28)24-16-25(27(29)30)32-31-24/h2-8,11,14-15,27H,1,9-10,12-13,16-17H2. The molecule has 5 rings (SSSR count). The maximum atomic E-state index is 15.3. The van der Waals surface area contributed by atoms with Gasteiger partial charge in [-0.1, -0.05) is 30.8 Å². The lowest BCUT2D eigenvalue weighted by molar-refractivity contribution is 0.224. The number of anilines is 1. The molecule has 1 saturated heterocycles. The Morgan fingerprint density at radius 1 is 1.08 bits per heavy atom. The van der Waals surface area contributed by atoms with E-state index in [9.17, 15) is 13.0 Å². The van der Waals surface area contributed by atoms with Crippen molar-refractivity contribution in [3.05, 3.63) is 90.2 Å². The molecule has 0 N–H and O–H groups in total. The van der Waals surface area contributed by atoms with E-state index in [1.165, 1.54) is 6.07 Å². The molecule has 3 heterocycles. The summed E-state index contributed by atoms with van der Waals surface area (Å²) in [5.41, 5.74) is 2.48. The van der Waals surface area contributed by atoms with E-state index in [0.717, 1.165) is 11.3 Å². The average Bonchev–Trinajstić information content (AvgIpc) is 3.61. The van der Waals surface area contributed by atoms with Crippen LogP contribution in [0.25, 0.3) is 11.3 Å². The molecule has 192 valence electrons. The van der Waals surface area contributed by atoms with Crippen LogP contribution in [0, 0.1) is 5.82 Å². The highest BCUT2D eigenvalue weighted by atomic mass is 32.2. The summed E-state index contributed by atoms with van der Waals surface area (Å²) in [4.78, 5) is 3.98. The molecule has 37 heavy (non-hydrogen) atoms. The lowest BCUT2D eigenvalue weighted by atomic mass is 10.0. The zero-order valence-corrected chi connectivity index (χ0v) is 20.8. The van der Waals surface area contributed by atoms with Crippen molar-refractivity contribution in [1.82, 2.24) is 4.90 Å². The third-order valence-electron chi connectivity index (χ3n) is 6.43. The normalized spacial score (nSPS) is 16.2. The summed E-state index contributed by atoms with van der Waals surface area (Å²) in [7, 11) is -0.852. The number of hydrogen-bond donors (Lipinski definition) is 0. The number of rotatable bonds is 8. The Morgan fingerprint density at radius 2 is 1.89 bits per heavy atom. The summed E-state index contributed by atoms with van der Waals surface area (Å²) in [6.45, 7) is 5.67. The van der Waals surface area contributed by atoms with Gasteiger partial charge in [0.25, 0.3) is 6.43 Å². The third-order valence-corrected chi connectivity index (χ3v) is 7.71. The molecule has 1 fully saturated rings. The van der Waals surface area contributed by atoms with Gasteiger partial charge in [0.15, 0.2) is 0 Å². The molecular formula is C27H25F3N4O2S. The monoisotopic (exact) mass is 526 g/mol. The van der Waals surface area contributed by atoms with Gasteiger partial charge >= 0.3 is 0 Å². The highest BCUT2D eigenvalue weighted by molar-refractivity contribution is 7.85. The van der Waals surface area contributed by atoms with Crippen LogP contribution in [0.2, 0.25) is 0 Å². The topological polar surface area (TPSA) is 61.4 Å². The number of furan rings is 1. The number of halogens is 3. The van der Waals surface area contributed by atoms with E-state index in [2.05, 4.69) is 21.7 Å².